The molecule has 102 valence electrons. The fourth-order valence-corrected chi connectivity index (χ4v) is 2.98. The monoisotopic (exact) mass is 305 g/mol. The summed E-state index contributed by atoms with van der Waals surface area (Å²) in [4.78, 5) is 12.1. The Morgan fingerprint density at radius 3 is 2.35 bits per heavy atom. The van der Waals surface area contributed by atoms with Crippen LogP contribution in [0.3, 0.4) is 0 Å². The molecule has 1 heterocycles. The molecule has 1 aliphatic rings. The predicted octanol–water partition coefficient (Wildman–Crippen LogP) is 4.12. The molecule has 4 heteroatoms. The highest BCUT2D eigenvalue weighted by atomic mass is 35.5. The lowest BCUT2D eigenvalue weighted by Crippen LogP contribution is -2.62. The van der Waals surface area contributed by atoms with E-state index in [-0.39, 0.29) is 11.9 Å². The number of amides is 1. The number of halogens is 2. The highest BCUT2D eigenvalue weighted by molar-refractivity contribution is 6.31. The Bertz CT molecular complexity index is 668. The summed E-state index contributed by atoms with van der Waals surface area (Å²) in [7, 11) is 0. The van der Waals surface area contributed by atoms with Crippen LogP contribution in [0.1, 0.15) is 24.1 Å². The van der Waals surface area contributed by atoms with Gasteiger partial charge in [-0.2, -0.15) is 0 Å². The van der Waals surface area contributed by atoms with E-state index in [4.69, 9.17) is 23.2 Å². The minimum atomic E-state index is -0.598. The molecule has 0 aromatic heterocycles. The normalized spacial score (nSPS) is 24.9. The Morgan fingerprint density at radius 1 is 1.05 bits per heavy atom. The van der Waals surface area contributed by atoms with Crippen molar-refractivity contribution < 1.29 is 4.79 Å². The molecule has 1 fully saturated rings. The van der Waals surface area contributed by atoms with Gasteiger partial charge in [0.1, 0.15) is 0 Å². The van der Waals surface area contributed by atoms with Crippen molar-refractivity contribution in [1.82, 2.24) is 5.32 Å². The van der Waals surface area contributed by atoms with Crippen molar-refractivity contribution in [2.75, 3.05) is 0 Å². The minimum absolute atomic E-state index is 0.0136. The lowest BCUT2D eigenvalue weighted by molar-refractivity contribution is -0.137. The summed E-state index contributed by atoms with van der Waals surface area (Å²) in [5.41, 5.74) is 1.36. The number of rotatable bonds is 2. The van der Waals surface area contributed by atoms with Crippen molar-refractivity contribution in [3.63, 3.8) is 0 Å². The zero-order chi connectivity index (χ0) is 14.3. The number of nitrogens with one attached hydrogen (secondary N) is 1. The molecule has 20 heavy (non-hydrogen) atoms. The summed E-state index contributed by atoms with van der Waals surface area (Å²) in [6.45, 7) is 1.94. The molecular formula is C16H13Cl2NO. The molecule has 1 aliphatic heterocycles. The van der Waals surface area contributed by atoms with Gasteiger partial charge >= 0.3 is 0 Å². The molecule has 2 aromatic carbocycles. The second-order valence-electron chi connectivity index (χ2n) is 5.17. The Morgan fingerprint density at radius 2 is 1.75 bits per heavy atom. The van der Waals surface area contributed by atoms with Gasteiger partial charge in [-0.15, -0.1) is 0 Å². The summed E-state index contributed by atoms with van der Waals surface area (Å²) in [6.07, 6.45) is 0. The van der Waals surface area contributed by atoms with E-state index in [0.717, 1.165) is 11.1 Å². The maximum atomic E-state index is 12.1. The van der Waals surface area contributed by atoms with Crippen LogP contribution >= 0.6 is 23.2 Å². The van der Waals surface area contributed by atoms with Crippen LogP contribution in [0, 0.1) is 0 Å². The van der Waals surface area contributed by atoms with Crippen LogP contribution < -0.4 is 5.32 Å². The van der Waals surface area contributed by atoms with Gasteiger partial charge in [-0.25, -0.2) is 0 Å². The molecule has 1 amide bonds. The van der Waals surface area contributed by atoms with Crippen LogP contribution in [-0.4, -0.2) is 5.91 Å². The second-order valence-corrected chi connectivity index (χ2v) is 6.04. The first-order chi connectivity index (χ1) is 9.51. The van der Waals surface area contributed by atoms with Crippen LogP contribution in [0.25, 0.3) is 0 Å². The van der Waals surface area contributed by atoms with E-state index in [0.29, 0.717) is 10.0 Å². The van der Waals surface area contributed by atoms with Gasteiger partial charge in [-0.1, -0.05) is 47.5 Å². The fraction of sp³-hybridized carbons (Fsp3) is 0.188. The SMILES string of the molecule is C[C@@]1(c2cccc(Cl)c2)C(=O)N[C@@H]1c1ccc(Cl)cc1. The lowest BCUT2D eigenvalue weighted by Gasteiger charge is -2.47. The van der Waals surface area contributed by atoms with Gasteiger partial charge in [0.25, 0.3) is 0 Å². The van der Waals surface area contributed by atoms with Crippen molar-refractivity contribution in [2.45, 2.75) is 18.4 Å². The molecule has 0 spiro atoms. The number of carbonyl (C=O) groups is 1. The standard InChI is InChI=1S/C16H13Cl2NO/c1-16(11-3-2-4-13(18)9-11)14(19-15(16)20)10-5-7-12(17)8-6-10/h2-9,14H,1H3,(H,19,20)/t14-,16+/m1/s1. The van der Waals surface area contributed by atoms with E-state index >= 15 is 0 Å². The van der Waals surface area contributed by atoms with E-state index in [1.54, 1.807) is 0 Å². The first-order valence-corrected chi connectivity index (χ1v) is 7.10. The summed E-state index contributed by atoms with van der Waals surface area (Å²) in [6, 6.07) is 14.9. The average Bonchev–Trinajstić information content (AvgIpc) is 2.45. The summed E-state index contributed by atoms with van der Waals surface area (Å²) in [5, 5.41) is 4.28. The molecule has 0 bridgehead atoms. The highest BCUT2D eigenvalue weighted by Gasteiger charge is 2.53. The second kappa shape index (κ2) is 4.80. The van der Waals surface area contributed by atoms with Crippen LogP contribution in [0.5, 0.6) is 0 Å². The van der Waals surface area contributed by atoms with Crippen LogP contribution in [-0.2, 0) is 10.2 Å². The molecule has 2 atom stereocenters. The zero-order valence-electron chi connectivity index (χ0n) is 10.9. The fourth-order valence-electron chi connectivity index (χ4n) is 2.66. The molecule has 2 aromatic rings. The Kier molecular flexibility index (Phi) is 3.23. The van der Waals surface area contributed by atoms with E-state index < -0.39 is 5.41 Å². The van der Waals surface area contributed by atoms with Gasteiger partial charge in [0, 0.05) is 10.0 Å². The van der Waals surface area contributed by atoms with Gasteiger partial charge < -0.3 is 5.32 Å². The van der Waals surface area contributed by atoms with Gasteiger partial charge in [0.15, 0.2) is 0 Å². The minimum Gasteiger partial charge on any atom is -0.347 e. The first kappa shape index (κ1) is 13.5. The molecule has 1 saturated heterocycles. The van der Waals surface area contributed by atoms with Crippen LogP contribution in [0.2, 0.25) is 10.0 Å². The van der Waals surface area contributed by atoms with Crippen molar-refractivity contribution in [2.24, 2.45) is 0 Å². The highest BCUT2D eigenvalue weighted by Crippen LogP contribution is 2.45. The van der Waals surface area contributed by atoms with E-state index in [1.165, 1.54) is 0 Å². The van der Waals surface area contributed by atoms with Crippen molar-refractivity contribution in [1.29, 1.82) is 0 Å². The average molecular weight is 306 g/mol. The Labute approximate surface area is 127 Å². The van der Waals surface area contributed by atoms with Crippen molar-refractivity contribution in [3.05, 3.63) is 69.7 Å². The maximum absolute atomic E-state index is 12.1. The lowest BCUT2D eigenvalue weighted by atomic mass is 9.67. The number of carbonyl (C=O) groups excluding carboxylic acids is 1. The third-order valence-electron chi connectivity index (χ3n) is 3.95. The largest absolute Gasteiger partial charge is 0.347 e. The smallest absolute Gasteiger partial charge is 0.233 e. The first-order valence-electron chi connectivity index (χ1n) is 6.34. The Hall–Kier alpha value is -1.51. The molecule has 0 aliphatic carbocycles. The molecule has 0 unspecified atom stereocenters. The van der Waals surface area contributed by atoms with E-state index in [1.807, 2.05) is 55.5 Å². The number of hydrogen-bond acceptors (Lipinski definition) is 1. The third-order valence-corrected chi connectivity index (χ3v) is 4.44. The molecular weight excluding hydrogens is 293 g/mol. The van der Waals surface area contributed by atoms with Gasteiger partial charge in [0.2, 0.25) is 5.91 Å². The quantitative estimate of drug-likeness (QED) is 0.831. The maximum Gasteiger partial charge on any atom is 0.233 e. The number of β-lactam (4-membered cyclic amide) rings is 1. The van der Waals surface area contributed by atoms with Gasteiger partial charge in [-0.05, 0) is 42.3 Å². The van der Waals surface area contributed by atoms with Crippen molar-refractivity contribution >= 4 is 29.1 Å². The number of benzene rings is 2. The van der Waals surface area contributed by atoms with Gasteiger partial charge in [-0.3, -0.25) is 4.79 Å². The van der Waals surface area contributed by atoms with E-state index in [2.05, 4.69) is 5.32 Å². The number of hydrogen-bond donors (Lipinski definition) is 1. The molecule has 2 nitrogen and oxygen atoms in total. The van der Waals surface area contributed by atoms with Crippen molar-refractivity contribution in [3.8, 4) is 0 Å². The van der Waals surface area contributed by atoms with Gasteiger partial charge in [0.05, 0.1) is 11.5 Å². The van der Waals surface area contributed by atoms with Crippen LogP contribution in [0.15, 0.2) is 48.5 Å². The molecule has 1 N–H and O–H groups in total. The van der Waals surface area contributed by atoms with Crippen LogP contribution in [0.4, 0.5) is 0 Å². The molecule has 3 rings (SSSR count). The summed E-state index contributed by atoms with van der Waals surface area (Å²) >= 11 is 12.0. The Balaban J connectivity index is 2.02. The zero-order valence-corrected chi connectivity index (χ0v) is 12.4. The molecule has 0 radical (unpaired) electrons. The summed E-state index contributed by atoms with van der Waals surface area (Å²) < 4.78 is 0. The topological polar surface area (TPSA) is 29.1 Å². The third kappa shape index (κ3) is 2.00. The molecule has 0 saturated carbocycles. The summed E-state index contributed by atoms with van der Waals surface area (Å²) in [5.74, 6) is 0.0136. The predicted molar refractivity (Wildman–Crippen MR) is 81.1 cm³/mol. The van der Waals surface area contributed by atoms with E-state index in [9.17, 15) is 4.79 Å².